The molecule has 5 nitrogen and oxygen atoms in total. The Morgan fingerprint density at radius 2 is 2.39 bits per heavy atom. The molecular formula is C12H12N4OS. The van der Waals surface area contributed by atoms with E-state index in [0.717, 1.165) is 27.5 Å². The number of nitrogens with two attached hydrogens (primary N) is 1. The second-order valence-electron chi connectivity index (χ2n) is 4.10. The number of thiazole rings is 1. The average molecular weight is 260 g/mol. The summed E-state index contributed by atoms with van der Waals surface area (Å²) < 4.78 is 0. The number of anilines is 1. The lowest BCUT2D eigenvalue weighted by molar-refractivity contribution is -0.115. The van der Waals surface area contributed by atoms with E-state index < -0.39 is 0 Å². The van der Waals surface area contributed by atoms with E-state index in [9.17, 15) is 4.79 Å². The van der Waals surface area contributed by atoms with Crippen LogP contribution in [0.1, 0.15) is 10.6 Å². The molecule has 0 fully saturated rings. The van der Waals surface area contributed by atoms with E-state index >= 15 is 0 Å². The van der Waals surface area contributed by atoms with Crippen LogP contribution in [0.3, 0.4) is 0 Å². The van der Waals surface area contributed by atoms with Crippen molar-refractivity contribution in [3.63, 3.8) is 0 Å². The molecule has 0 spiro atoms. The van der Waals surface area contributed by atoms with Gasteiger partial charge in [-0.05, 0) is 17.7 Å². The van der Waals surface area contributed by atoms with Crippen molar-refractivity contribution in [3.8, 4) is 11.3 Å². The maximum absolute atomic E-state index is 11.3. The molecule has 4 N–H and O–H groups in total. The molecule has 0 saturated carbocycles. The van der Waals surface area contributed by atoms with Gasteiger partial charge in [-0.25, -0.2) is 4.98 Å². The van der Waals surface area contributed by atoms with Gasteiger partial charge in [0.05, 0.1) is 18.7 Å². The SMILES string of the molecule is NNCc1nc(-c2ccc3c(c2)CC(=O)N3)cs1. The van der Waals surface area contributed by atoms with Crippen LogP contribution in [0.15, 0.2) is 23.6 Å². The number of nitrogens with zero attached hydrogens (tertiary/aromatic N) is 1. The van der Waals surface area contributed by atoms with Crippen molar-refractivity contribution in [1.29, 1.82) is 0 Å². The molecular weight excluding hydrogens is 248 g/mol. The van der Waals surface area contributed by atoms with Crippen LogP contribution in [0.25, 0.3) is 11.3 Å². The first-order valence-corrected chi connectivity index (χ1v) is 6.45. The standard InChI is InChI=1S/C12H12N4OS/c13-14-5-12-16-10(6-18-12)7-1-2-9-8(3-7)4-11(17)15-9/h1-3,6,14H,4-5,13H2,(H,15,17). The smallest absolute Gasteiger partial charge is 0.228 e. The van der Waals surface area contributed by atoms with E-state index in [2.05, 4.69) is 15.7 Å². The first-order valence-electron chi connectivity index (χ1n) is 5.57. The van der Waals surface area contributed by atoms with E-state index in [1.165, 1.54) is 0 Å². The van der Waals surface area contributed by atoms with E-state index in [0.29, 0.717) is 13.0 Å². The van der Waals surface area contributed by atoms with Gasteiger partial charge in [-0.2, -0.15) is 0 Å². The minimum atomic E-state index is 0.0495. The number of hydrazine groups is 1. The fraction of sp³-hybridized carbons (Fsp3) is 0.167. The highest BCUT2D eigenvalue weighted by atomic mass is 32.1. The molecule has 1 aliphatic rings. The zero-order chi connectivity index (χ0) is 12.5. The molecule has 1 amide bonds. The summed E-state index contributed by atoms with van der Waals surface area (Å²) in [5, 5.41) is 5.76. The summed E-state index contributed by atoms with van der Waals surface area (Å²) >= 11 is 1.57. The fourth-order valence-corrected chi connectivity index (χ4v) is 2.75. The number of amides is 1. The number of hydrogen-bond acceptors (Lipinski definition) is 5. The van der Waals surface area contributed by atoms with Crippen LogP contribution in [-0.2, 0) is 17.8 Å². The zero-order valence-corrected chi connectivity index (χ0v) is 10.4. The van der Waals surface area contributed by atoms with Crippen molar-refractivity contribution in [2.75, 3.05) is 5.32 Å². The molecule has 1 aliphatic heterocycles. The molecule has 0 unspecified atom stereocenters. The van der Waals surface area contributed by atoms with Gasteiger partial charge in [0.1, 0.15) is 5.01 Å². The van der Waals surface area contributed by atoms with Gasteiger partial charge in [0.15, 0.2) is 0 Å². The molecule has 0 bridgehead atoms. The number of fused-ring (bicyclic) bond motifs is 1. The van der Waals surface area contributed by atoms with Crippen molar-refractivity contribution in [2.45, 2.75) is 13.0 Å². The number of nitrogens with one attached hydrogen (secondary N) is 2. The molecule has 92 valence electrons. The molecule has 0 atom stereocenters. The van der Waals surface area contributed by atoms with Gasteiger partial charge >= 0.3 is 0 Å². The third kappa shape index (κ3) is 2.01. The van der Waals surface area contributed by atoms with Crippen LogP contribution >= 0.6 is 11.3 Å². The van der Waals surface area contributed by atoms with Crippen molar-refractivity contribution in [1.82, 2.24) is 10.4 Å². The minimum Gasteiger partial charge on any atom is -0.326 e. The number of rotatable bonds is 3. The third-order valence-corrected chi connectivity index (χ3v) is 3.68. The minimum absolute atomic E-state index is 0.0495. The summed E-state index contributed by atoms with van der Waals surface area (Å²) in [5.41, 5.74) is 6.48. The van der Waals surface area contributed by atoms with Crippen LogP contribution in [0.5, 0.6) is 0 Å². The summed E-state index contributed by atoms with van der Waals surface area (Å²) in [7, 11) is 0. The van der Waals surface area contributed by atoms with Gasteiger partial charge in [0.2, 0.25) is 5.91 Å². The molecule has 2 aromatic rings. The summed E-state index contributed by atoms with van der Waals surface area (Å²) in [4.78, 5) is 15.8. The normalized spacial score (nSPS) is 13.5. The largest absolute Gasteiger partial charge is 0.326 e. The van der Waals surface area contributed by atoms with E-state index in [4.69, 9.17) is 5.84 Å². The first-order chi connectivity index (χ1) is 8.76. The van der Waals surface area contributed by atoms with Gasteiger partial charge in [-0.1, -0.05) is 6.07 Å². The number of hydrogen-bond donors (Lipinski definition) is 3. The van der Waals surface area contributed by atoms with Crippen LogP contribution in [-0.4, -0.2) is 10.9 Å². The molecule has 6 heteroatoms. The van der Waals surface area contributed by atoms with Crippen molar-refractivity contribution < 1.29 is 4.79 Å². The third-order valence-electron chi connectivity index (χ3n) is 2.83. The molecule has 0 aliphatic carbocycles. The Hall–Kier alpha value is -1.76. The second-order valence-corrected chi connectivity index (χ2v) is 5.05. The van der Waals surface area contributed by atoms with Gasteiger partial charge in [0, 0.05) is 16.6 Å². The highest BCUT2D eigenvalue weighted by Crippen LogP contribution is 2.29. The highest BCUT2D eigenvalue weighted by Gasteiger charge is 2.18. The fourth-order valence-electron chi connectivity index (χ4n) is 2.00. The molecule has 18 heavy (non-hydrogen) atoms. The quantitative estimate of drug-likeness (QED) is 0.573. The lowest BCUT2D eigenvalue weighted by atomic mass is 10.1. The van der Waals surface area contributed by atoms with E-state index in [1.807, 2.05) is 23.6 Å². The monoisotopic (exact) mass is 260 g/mol. The second kappa shape index (κ2) is 4.49. The number of aromatic nitrogens is 1. The van der Waals surface area contributed by atoms with Gasteiger partial charge in [0.25, 0.3) is 0 Å². The summed E-state index contributed by atoms with van der Waals surface area (Å²) in [6.45, 7) is 0.565. The topological polar surface area (TPSA) is 80.0 Å². The first kappa shape index (κ1) is 11.3. The molecule has 0 radical (unpaired) electrons. The Labute approximate surface area is 108 Å². The summed E-state index contributed by atoms with van der Waals surface area (Å²) in [5.74, 6) is 5.32. The van der Waals surface area contributed by atoms with Crippen LogP contribution in [0, 0.1) is 0 Å². The summed E-state index contributed by atoms with van der Waals surface area (Å²) in [6.07, 6.45) is 0.449. The molecule has 2 heterocycles. The highest BCUT2D eigenvalue weighted by molar-refractivity contribution is 7.09. The van der Waals surface area contributed by atoms with Crippen molar-refractivity contribution in [3.05, 3.63) is 34.2 Å². The maximum atomic E-state index is 11.3. The summed E-state index contributed by atoms with van der Waals surface area (Å²) in [6, 6.07) is 5.91. The Kier molecular flexibility index (Phi) is 2.83. The Morgan fingerprint density at radius 3 is 3.22 bits per heavy atom. The lowest BCUT2D eigenvalue weighted by Gasteiger charge is -2.01. The number of carbonyl (C=O) groups is 1. The van der Waals surface area contributed by atoms with Gasteiger partial charge in [-0.15, -0.1) is 11.3 Å². The van der Waals surface area contributed by atoms with Gasteiger partial charge in [-0.3, -0.25) is 16.1 Å². The average Bonchev–Trinajstić information content (AvgIpc) is 2.93. The molecule has 0 saturated heterocycles. The number of benzene rings is 1. The van der Waals surface area contributed by atoms with Crippen molar-refractivity contribution >= 4 is 22.9 Å². The Bertz CT molecular complexity index is 608. The zero-order valence-electron chi connectivity index (χ0n) is 9.56. The van der Waals surface area contributed by atoms with E-state index in [1.54, 1.807) is 11.3 Å². The van der Waals surface area contributed by atoms with Crippen molar-refractivity contribution in [2.24, 2.45) is 5.84 Å². The van der Waals surface area contributed by atoms with Crippen LogP contribution < -0.4 is 16.6 Å². The van der Waals surface area contributed by atoms with E-state index in [-0.39, 0.29) is 5.91 Å². The van der Waals surface area contributed by atoms with Crippen LogP contribution in [0.4, 0.5) is 5.69 Å². The Balaban J connectivity index is 1.92. The Morgan fingerprint density at radius 1 is 1.50 bits per heavy atom. The molecule has 3 rings (SSSR count). The maximum Gasteiger partial charge on any atom is 0.228 e. The molecule has 1 aromatic carbocycles. The van der Waals surface area contributed by atoms with Gasteiger partial charge < -0.3 is 5.32 Å². The lowest BCUT2D eigenvalue weighted by Crippen LogP contribution is -2.20. The number of carbonyl (C=O) groups excluding carboxylic acids is 1. The predicted molar refractivity (Wildman–Crippen MR) is 70.9 cm³/mol. The van der Waals surface area contributed by atoms with Crippen LogP contribution in [0.2, 0.25) is 0 Å². The molecule has 1 aromatic heterocycles. The predicted octanol–water partition coefficient (Wildman–Crippen LogP) is 1.27.